The van der Waals surface area contributed by atoms with E-state index in [1.165, 1.54) is 11.1 Å². The maximum atomic E-state index is 10.7. The number of hydrogen-bond acceptors (Lipinski definition) is 4. The first-order valence-corrected chi connectivity index (χ1v) is 10.3. The van der Waals surface area contributed by atoms with Gasteiger partial charge in [0.1, 0.15) is 0 Å². The number of aliphatic hydroxyl groups is 1. The normalized spacial score (nSPS) is 25.7. The van der Waals surface area contributed by atoms with E-state index in [9.17, 15) is 5.11 Å². The summed E-state index contributed by atoms with van der Waals surface area (Å²) in [7, 11) is 1.71. The van der Waals surface area contributed by atoms with Gasteiger partial charge in [0.2, 0.25) is 0 Å². The van der Waals surface area contributed by atoms with Crippen molar-refractivity contribution in [2.75, 3.05) is 26.8 Å². The minimum atomic E-state index is -0.212. The van der Waals surface area contributed by atoms with Crippen molar-refractivity contribution in [2.45, 2.75) is 65.0 Å². The van der Waals surface area contributed by atoms with Crippen molar-refractivity contribution in [1.29, 1.82) is 0 Å². The maximum absolute atomic E-state index is 10.7. The predicted molar refractivity (Wildman–Crippen MR) is 105 cm³/mol. The molecule has 1 fully saturated rings. The third-order valence-electron chi connectivity index (χ3n) is 5.90. The number of fused-ring (bicyclic) bond motifs is 3. The zero-order valence-electron chi connectivity index (χ0n) is 16.8. The molecular formula is C22H35NO3. The highest BCUT2D eigenvalue weighted by Crippen LogP contribution is 2.43. The van der Waals surface area contributed by atoms with Crippen molar-refractivity contribution < 1.29 is 14.6 Å². The van der Waals surface area contributed by atoms with E-state index in [-0.39, 0.29) is 6.10 Å². The molecule has 0 unspecified atom stereocenters. The summed E-state index contributed by atoms with van der Waals surface area (Å²) in [6.45, 7) is 9.46. The van der Waals surface area contributed by atoms with E-state index in [2.05, 4.69) is 37.8 Å². The smallest absolute Gasteiger partial charge is 0.161 e. The van der Waals surface area contributed by atoms with Gasteiger partial charge >= 0.3 is 0 Å². The van der Waals surface area contributed by atoms with Crippen LogP contribution in [0.1, 0.15) is 63.6 Å². The Morgan fingerprint density at radius 3 is 2.77 bits per heavy atom. The Hall–Kier alpha value is -1.26. The van der Waals surface area contributed by atoms with E-state index >= 15 is 0 Å². The topological polar surface area (TPSA) is 41.9 Å². The summed E-state index contributed by atoms with van der Waals surface area (Å²) < 4.78 is 11.6. The summed E-state index contributed by atoms with van der Waals surface area (Å²) in [5, 5.41) is 10.7. The summed E-state index contributed by atoms with van der Waals surface area (Å²) in [5.41, 5.74) is 2.67. The van der Waals surface area contributed by atoms with Gasteiger partial charge in [0.25, 0.3) is 0 Å². The van der Waals surface area contributed by atoms with Gasteiger partial charge in [0.15, 0.2) is 11.5 Å². The molecule has 2 heterocycles. The van der Waals surface area contributed by atoms with Crippen LogP contribution in [0.5, 0.6) is 11.5 Å². The van der Waals surface area contributed by atoms with E-state index in [0.29, 0.717) is 17.9 Å². The van der Waals surface area contributed by atoms with Crippen LogP contribution in [0.2, 0.25) is 0 Å². The molecule has 26 heavy (non-hydrogen) atoms. The lowest BCUT2D eigenvalue weighted by Crippen LogP contribution is -2.48. The quantitative estimate of drug-likeness (QED) is 0.739. The molecule has 3 atom stereocenters. The fourth-order valence-electron chi connectivity index (χ4n) is 4.54. The molecule has 4 nitrogen and oxygen atoms in total. The van der Waals surface area contributed by atoms with Gasteiger partial charge in [-0.15, -0.1) is 0 Å². The van der Waals surface area contributed by atoms with Crippen LogP contribution in [0.3, 0.4) is 0 Å². The molecule has 0 amide bonds. The SMILES string of the molecule is CCCCOc1cc2c(cc1OC)[C@H]1C[C@@H](O)[C@H](CC(C)C)CN1CC2. The van der Waals surface area contributed by atoms with E-state index in [0.717, 1.165) is 63.3 Å². The molecule has 0 spiro atoms. The molecule has 2 aliphatic heterocycles. The Morgan fingerprint density at radius 2 is 2.08 bits per heavy atom. The summed E-state index contributed by atoms with van der Waals surface area (Å²) in [4.78, 5) is 2.57. The number of nitrogens with zero attached hydrogens (tertiary/aromatic N) is 1. The average molecular weight is 362 g/mol. The first kappa shape index (κ1) is 19.5. The molecular weight excluding hydrogens is 326 g/mol. The van der Waals surface area contributed by atoms with Gasteiger partial charge in [-0.2, -0.15) is 0 Å². The first-order valence-electron chi connectivity index (χ1n) is 10.3. The van der Waals surface area contributed by atoms with Crippen molar-refractivity contribution in [3.05, 3.63) is 23.3 Å². The van der Waals surface area contributed by atoms with Gasteiger partial charge in [0.05, 0.1) is 19.8 Å². The molecule has 0 aliphatic carbocycles. The molecule has 1 aromatic rings. The van der Waals surface area contributed by atoms with Gasteiger partial charge in [-0.25, -0.2) is 0 Å². The summed E-state index contributed by atoms with van der Waals surface area (Å²) in [6, 6.07) is 4.63. The van der Waals surface area contributed by atoms with Gasteiger partial charge in [-0.3, -0.25) is 4.90 Å². The van der Waals surface area contributed by atoms with Crippen LogP contribution in [-0.2, 0) is 6.42 Å². The molecule has 1 saturated heterocycles. The van der Waals surface area contributed by atoms with Crippen LogP contribution in [0.15, 0.2) is 12.1 Å². The van der Waals surface area contributed by atoms with Crippen LogP contribution >= 0.6 is 0 Å². The minimum absolute atomic E-state index is 0.212. The number of unbranched alkanes of at least 4 members (excludes halogenated alkanes) is 1. The van der Waals surface area contributed by atoms with E-state index in [1.807, 2.05) is 0 Å². The number of rotatable bonds is 7. The summed E-state index contributed by atoms with van der Waals surface area (Å²) >= 11 is 0. The summed E-state index contributed by atoms with van der Waals surface area (Å²) in [6.07, 6.45) is 4.94. The number of methoxy groups -OCH3 is 1. The van der Waals surface area contributed by atoms with E-state index in [4.69, 9.17) is 9.47 Å². The lowest BCUT2D eigenvalue weighted by Gasteiger charge is -2.46. The molecule has 0 saturated carbocycles. The standard InChI is InChI=1S/C22H35NO3/c1-5-6-9-26-22-11-16-7-8-23-14-17(10-15(2)3)20(24)13-19(23)18(16)12-21(22)25-4/h11-12,15,17,19-20,24H,5-10,13-14H2,1-4H3/t17-,19-,20-/m1/s1. The molecule has 4 heteroatoms. The number of ether oxygens (including phenoxy) is 2. The van der Waals surface area contributed by atoms with Gasteiger partial charge in [-0.05, 0) is 60.8 Å². The highest BCUT2D eigenvalue weighted by atomic mass is 16.5. The maximum Gasteiger partial charge on any atom is 0.161 e. The zero-order valence-corrected chi connectivity index (χ0v) is 16.8. The Balaban J connectivity index is 1.80. The summed E-state index contributed by atoms with van der Waals surface area (Å²) in [5.74, 6) is 2.71. The van der Waals surface area contributed by atoms with Crippen molar-refractivity contribution in [1.82, 2.24) is 4.90 Å². The van der Waals surface area contributed by atoms with Crippen molar-refractivity contribution in [2.24, 2.45) is 11.8 Å². The minimum Gasteiger partial charge on any atom is -0.493 e. The lowest BCUT2D eigenvalue weighted by atomic mass is 9.79. The number of benzene rings is 1. The number of piperidine rings is 1. The largest absolute Gasteiger partial charge is 0.493 e. The molecule has 146 valence electrons. The second-order valence-electron chi connectivity index (χ2n) is 8.36. The number of hydrogen-bond donors (Lipinski definition) is 1. The average Bonchev–Trinajstić information content (AvgIpc) is 2.61. The molecule has 1 N–H and O–H groups in total. The Morgan fingerprint density at radius 1 is 1.27 bits per heavy atom. The third kappa shape index (κ3) is 4.17. The second kappa shape index (κ2) is 8.62. The lowest BCUT2D eigenvalue weighted by molar-refractivity contribution is -0.0191. The zero-order chi connectivity index (χ0) is 18.7. The Bertz CT molecular complexity index is 601. The molecule has 2 aliphatic rings. The van der Waals surface area contributed by atoms with Crippen molar-refractivity contribution in [3.63, 3.8) is 0 Å². The van der Waals surface area contributed by atoms with Gasteiger partial charge in [-0.1, -0.05) is 27.2 Å². The van der Waals surface area contributed by atoms with Crippen LogP contribution in [0.4, 0.5) is 0 Å². The van der Waals surface area contributed by atoms with Crippen molar-refractivity contribution in [3.8, 4) is 11.5 Å². The van der Waals surface area contributed by atoms with E-state index in [1.54, 1.807) is 7.11 Å². The van der Waals surface area contributed by atoms with E-state index < -0.39 is 0 Å². The number of aliphatic hydroxyl groups excluding tert-OH is 1. The fourth-order valence-corrected chi connectivity index (χ4v) is 4.54. The third-order valence-corrected chi connectivity index (χ3v) is 5.90. The fraction of sp³-hybridized carbons (Fsp3) is 0.727. The van der Waals surface area contributed by atoms with Gasteiger partial charge in [0, 0.05) is 19.1 Å². The van der Waals surface area contributed by atoms with Crippen LogP contribution in [0.25, 0.3) is 0 Å². The predicted octanol–water partition coefficient (Wildman–Crippen LogP) is 4.20. The monoisotopic (exact) mass is 361 g/mol. The highest BCUT2D eigenvalue weighted by Gasteiger charge is 2.38. The Labute approximate surface area is 158 Å². The Kier molecular flexibility index (Phi) is 6.46. The van der Waals surface area contributed by atoms with Crippen molar-refractivity contribution >= 4 is 0 Å². The highest BCUT2D eigenvalue weighted by molar-refractivity contribution is 5.49. The van der Waals surface area contributed by atoms with Gasteiger partial charge < -0.3 is 14.6 Å². The first-order chi connectivity index (χ1) is 12.5. The molecule has 0 radical (unpaired) electrons. The van der Waals surface area contributed by atoms with Crippen LogP contribution in [-0.4, -0.2) is 42.9 Å². The van der Waals surface area contributed by atoms with Crippen LogP contribution in [0, 0.1) is 11.8 Å². The second-order valence-corrected chi connectivity index (χ2v) is 8.36. The molecule has 0 bridgehead atoms. The molecule has 0 aromatic heterocycles. The molecule has 1 aromatic carbocycles. The van der Waals surface area contributed by atoms with Crippen LogP contribution < -0.4 is 9.47 Å². The molecule has 3 rings (SSSR count).